The molecule has 0 saturated carbocycles. The zero-order valence-electron chi connectivity index (χ0n) is 12.5. The third-order valence-corrected chi connectivity index (χ3v) is 4.72. The van der Waals surface area contributed by atoms with Crippen LogP contribution in [0.15, 0.2) is 54.1 Å². The predicted molar refractivity (Wildman–Crippen MR) is 89.5 cm³/mol. The van der Waals surface area contributed by atoms with Gasteiger partial charge in [0.05, 0.1) is 23.5 Å². The summed E-state index contributed by atoms with van der Waals surface area (Å²) in [6, 6.07) is 14.4. The summed E-state index contributed by atoms with van der Waals surface area (Å²) in [7, 11) is 0. The number of H-pyrrole nitrogens is 1. The van der Waals surface area contributed by atoms with Gasteiger partial charge in [-0.25, -0.2) is 0 Å². The topological polar surface area (TPSA) is 73.4 Å². The highest BCUT2D eigenvalue weighted by Gasteiger charge is 2.39. The number of carbonyl (C=O) groups is 2. The Kier molecular flexibility index (Phi) is 2.45. The molecule has 0 saturated heterocycles. The van der Waals surface area contributed by atoms with Crippen molar-refractivity contribution in [2.75, 3.05) is 11.6 Å². The Labute approximate surface area is 136 Å². The van der Waals surface area contributed by atoms with Crippen molar-refractivity contribution < 1.29 is 14.8 Å². The van der Waals surface area contributed by atoms with E-state index in [9.17, 15) is 14.8 Å². The van der Waals surface area contributed by atoms with Crippen molar-refractivity contribution >= 4 is 33.7 Å². The van der Waals surface area contributed by atoms with Crippen molar-refractivity contribution in [2.45, 2.75) is 0 Å². The Morgan fingerprint density at radius 3 is 2.58 bits per heavy atom. The van der Waals surface area contributed by atoms with Crippen LogP contribution < -0.4 is 5.06 Å². The molecule has 0 atom stereocenters. The van der Waals surface area contributed by atoms with Crippen LogP contribution in [-0.2, 0) is 0 Å². The number of benzene rings is 2. The number of para-hydroxylation sites is 2. The largest absolute Gasteiger partial charge is 0.351 e. The van der Waals surface area contributed by atoms with Gasteiger partial charge in [-0.2, -0.15) is 0 Å². The molecular formula is C19H12N2O3. The molecule has 1 aliphatic carbocycles. The fourth-order valence-electron chi connectivity index (χ4n) is 3.66. The molecule has 5 heteroatoms. The molecule has 2 aliphatic rings. The monoisotopic (exact) mass is 316 g/mol. The zero-order chi connectivity index (χ0) is 16.4. The Hall–Kier alpha value is -3.18. The minimum absolute atomic E-state index is 0.00979. The maximum absolute atomic E-state index is 13.1. The molecule has 2 heterocycles. The first-order chi connectivity index (χ1) is 11.7. The van der Waals surface area contributed by atoms with Gasteiger partial charge in [-0.15, -0.1) is 0 Å². The predicted octanol–water partition coefficient (Wildman–Crippen LogP) is 3.21. The van der Waals surface area contributed by atoms with Crippen molar-refractivity contribution in [1.82, 2.24) is 4.98 Å². The molecular weight excluding hydrogens is 304 g/mol. The summed E-state index contributed by atoms with van der Waals surface area (Å²) in [6.07, 6.45) is 0. The van der Waals surface area contributed by atoms with Gasteiger partial charge in [-0.1, -0.05) is 36.4 Å². The number of Topliss-reactive ketones (excluding diaryl/α,β-unsaturated/α-hetero) is 2. The fraction of sp³-hybridized carbons (Fsp3) is 0.0526. The van der Waals surface area contributed by atoms with Gasteiger partial charge in [0, 0.05) is 27.6 Å². The normalized spacial score (nSPS) is 16.3. The Morgan fingerprint density at radius 2 is 1.71 bits per heavy atom. The summed E-state index contributed by atoms with van der Waals surface area (Å²) in [4.78, 5) is 29.2. The lowest BCUT2D eigenvalue weighted by molar-refractivity contribution is 0.0984. The van der Waals surface area contributed by atoms with E-state index in [1.807, 2.05) is 24.3 Å². The molecule has 1 aliphatic heterocycles. The Morgan fingerprint density at radius 1 is 0.958 bits per heavy atom. The number of rotatable bonds is 0. The maximum atomic E-state index is 13.1. The van der Waals surface area contributed by atoms with E-state index in [0.717, 1.165) is 16.0 Å². The molecule has 0 amide bonds. The summed E-state index contributed by atoms with van der Waals surface area (Å²) in [5.74, 6) is -0.401. The molecule has 2 N–H and O–H groups in total. The lowest BCUT2D eigenvalue weighted by Gasteiger charge is -2.30. The highest BCUT2D eigenvalue weighted by Crippen LogP contribution is 2.41. The second kappa shape index (κ2) is 4.43. The molecule has 1 aromatic heterocycles. The number of nitrogens with zero attached hydrogens (tertiary/aromatic N) is 1. The van der Waals surface area contributed by atoms with Crippen LogP contribution in [-0.4, -0.2) is 28.3 Å². The molecule has 5 nitrogen and oxygen atoms in total. The van der Waals surface area contributed by atoms with E-state index in [0.29, 0.717) is 33.7 Å². The minimum Gasteiger partial charge on any atom is -0.351 e. The van der Waals surface area contributed by atoms with Gasteiger partial charge in [0.25, 0.3) is 0 Å². The molecule has 0 unspecified atom stereocenters. The second-order valence-corrected chi connectivity index (χ2v) is 6.01. The van der Waals surface area contributed by atoms with Crippen molar-refractivity contribution in [2.24, 2.45) is 0 Å². The first-order valence-electron chi connectivity index (χ1n) is 7.66. The first-order valence-corrected chi connectivity index (χ1v) is 7.66. The number of ketones is 2. The lowest BCUT2D eigenvalue weighted by atomic mass is 9.81. The number of aromatic amines is 1. The average Bonchev–Trinajstić information content (AvgIpc) is 3.00. The van der Waals surface area contributed by atoms with Gasteiger partial charge in [-0.3, -0.25) is 19.9 Å². The van der Waals surface area contributed by atoms with E-state index in [-0.39, 0.29) is 18.1 Å². The van der Waals surface area contributed by atoms with Crippen molar-refractivity contribution in [3.63, 3.8) is 0 Å². The third kappa shape index (κ3) is 1.51. The second-order valence-electron chi connectivity index (χ2n) is 6.01. The van der Waals surface area contributed by atoms with Crippen LogP contribution in [0.3, 0.4) is 0 Å². The van der Waals surface area contributed by atoms with Gasteiger partial charge >= 0.3 is 0 Å². The molecule has 116 valence electrons. The summed E-state index contributed by atoms with van der Waals surface area (Å²) < 4.78 is 0. The summed E-state index contributed by atoms with van der Waals surface area (Å²) in [5.41, 5.74) is 3.36. The molecule has 3 aromatic rings. The number of hydrogen-bond donors (Lipinski definition) is 2. The standard InChI is InChI=1S/C19H12N2O3/c22-18-12-9-21(24)14-8-4-2-6-11(14)15(12)19(23)17-16(18)10-5-1-3-7-13(10)20-17/h1-8,20,24H,9H2. The Balaban J connectivity index is 1.84. The molecule has 2 aromatic carbocycles. The molecule has 5 rings (SSSR count). The van der Waals surface area contributed by atoms with Crippen LogP contribution >= 0.6 is 0 Å². The van der Waals surface area contributed by atoms with E-state index < -0.39 is 0 Å². The first kappa shape index (κ1) is 13.3. The van der Waals surface area contributed by atoms with Crippen LogP contribution in [0.4, 0.5) is 5.69 Å². The Bertz CT molecular complexity index is 1090. The highest BCUT2D eigenvalue weighted by molar-refractivity contribution is 6.43. The van der Waals surface area contributed by atoms with E-state index in [2.05, 4.69) is 4.98 Å². The number of carbonyl (C=O) groups excluding carboxylic acids is 2. The van der Waals surface area contributed by atoms with Crippen LogP contribution in [0, 0.1) is 0 Å². The summed E-state index contributed by atoms with van der Waals surface area (Å²) in [5, 5.41) is 12.0. The quantitative estimate of drug-likeness (QED) is 0.668. The number of allylic oxidation sites excluding steroid dienone is 1. The molecule has 0 spiro atoms. The van der Waals surface area contributed by atoms with Crippen LogP contribution in [0.5, 0.6) is 0 Å². The lowest BCUT2D eigenvalue weighted by Crippen LogP contribution is -2.34. The summed E-state index contributed by atoms with van der Waals surface area (Å²) >= 11 is 0. The van der Waals surface area contributed by atoms with Crippen molar-refractivity contribution in [3.8, 4) is 0 Å². The number of anilines is 1. The number of hydrogen-bond acceptors (Lipinski definition) is 4. The van der Waals surface area contributed by atoms with Gasteiger partial charge in [-0.05, 0) is 12.1 Å². The van der Waals surface area contributed by atoms with Crippen molar-refractivity contribution in [3.05, 3.63) is 70.9 Å². The van der Waals surface area contributed by atoms with Gasteiger partial charge in [0.2, 0.25) is 5.78 Å². The smallest absolute Gasteiger partial charge is 0.211 e. The van der Waals surface area contributed by atoms with Gasteiger partial charge in [0.1, 0.15) is 0 Å². The summed E-state index contributed by atoms with van der Waals surface area (Å²) in [6.45, 7) is 0.00979. The maximum Gasteiger partial charge on any atom is 0.211 e. The third-order valence-electron chi connectivity index (χ3n) is 4.72. The fourth-order valence-corrected chi connectivity index (χ4v) is 3.66. The molecule has 24 heavy (non-hydrogen) atoms. The number of fused-ring (bicyclic) bond motifs is 5. The minimum atomic E-state index is -0.203. The zero-order valence-corrected chi connectivity index (χ0v) is 12.5. The van der Waals surface area contributed by atoms with Gasteiger partial charge < -0.3 is 4.98 Å². The average molecular weight is 316 g/mol. The van der Waals surface area contributed by atoms with Crippen molar-refractivity contribution in [1.29, 1.82) is 0 Å². The number of nitrogens with one attached hydrogen (secondary N) is 1. The molecule has 0 bridgehead atoms. The highest BCUT2D eigenvalue weighted by atomic mass is 16.5. The molecule has 0 fully saturated rings. The van der Waals surface area contributed by atoms with E-state index in [4.69, 9.17) is 0 Å². The number of hydroxylamine groups is 1. The van der Waals surface area contributed by atoms with Gasteiger partial charge in [0.15, 0.2) is 5.78 Å². The van der Waals surface area contributed by atoms with E-state index in [1.54, 1.807) is 24.3 Å². The SMILES string of the molecule is O=C1C2=C(CN(O)c3ccccc32)C(=O)c2c1[nH]c1ccccc21. The van der Waals surface area contributed by atoms with Crippen LogP contribution in [0.25, 0.3) is 16.5 Å². The van der Waals surface area contributed by atoms with E-state index in [1.165, 1.54) is 0 Å². The van der Waals surface area contributed by atoms with Crippen LogP contribution in [0.1, 0.15) is 26.4 Å². The van der Waals surface area contributed by atoms with Crippen LogP contribution in [0.2, 0.25) is 0 Å². The van der Waals surface area contributed by atoms with E-state index >= 15 is 0 Å². The molecule has 0 radical (unpaired) electrons. The number of aromatic nitrogens is 1.